The zero-order valence-corrected chi connectivity index (χ0v) is 23.0. The molecule has 0 amide bonds. The lowest BCUT2D eigenvalue weighted by Gasteiger charge is -2.36. The Labute approximate surface area is 211 Å². The van der Waals surface area contributed by atoms with Crippen molar-refractivity contribution in [1.82, 2.24) is 14.8 Å². The summed E-state index contributed by atoms with van der Waals surface area (Å²) in [6.07, 6.45) is 9.24. The number of benzene rings is 1. The van der Waals surface area contributed by atoms with Crippen LogP contribution in [0.5, 0.6) is 0 Å². The fourth-order valence-electron chi connectivity index (χ4n) is 6.29. The predicted octanol–water partition coefficient (Wildman–Crippen LogP) is 6.22. The highest BCUT2D eigenvalue weighted by molar-refractivity contribution is 7.10. The van der Waals surface area contributed by atoms with Gasteiger partial charge in [0.05, 0.1) is 10.7 Å². The number of hydrogen-bond acceptors (Lipinski definition) is 5. The van der Waals surface area contributed by atoms with E-state index in [0.717, 1.165) is 6.04 Å². The lowest BCUT2D eigenvalue weighted by atomic mass is 9.69. The van der Waals surface area contributed by atoms with Crippen molar-refractivity contribution < 1.29 is 0 Å². The first-order valence-corrected chi connectivity index (χ1v) is 14.4. The third-order valence-electron chi connectivity index (χ3n) is 8.72. The lowest BCUT2D eigenvalue weighted by Crippen LogP contribution is -2.36. The van der Waals surface area contributed by atoms with Crippen LogP contribution >= 0.6 is 11.3 Å². The maximum absolute atomic E-state index is 5.16. The van der Waals surface area contributed by atoms with Crippen LogP contribution in [0, 0.1) is 0 Å². The van der Waals surface area contributed by atoms with Crippen LogP contribution in [0.25, 0.3) is 11.3 Å². The highest BCUT2D eigenvalue weighted by Gasteiger charge is 2.31. The third kappa shape index (κ3) is 5.59. The summed E-state index contributed by atoms with van der Waals surface area (Å²) in [5, 5.41) is 3.67. The van der Waals surface area contributed by atoms with Crippen molar-refractivity contribution >= 4 is 11.3 Å². The van der Waals surface area contributed by atoms with Crippen LogP contribution in [0.4, 0.5) is 0 Å². The Kier molecular flexibility index (Phi) is 8.50. The number of fused-ring (bicyclic) bond motifs is 1. The molecule has 188 valence electrons. The van der Waals surface area contributed by atoms with Crippen molar-refractivity contribution in [3.05, 3.63) is 39.7 Å². The molecule has 0 radical (unpaired) electrons. The SMILES string of the molecule is CC1CCC(C)(C)c2cc(-c3csc(C4CCN(CCC5CCCN5C)CC4)n3)ccc21.CN. The Balaban J connectivity index is 0.00000133. The number of hydrogen-bond donors (Lipinski definition) is 1. The van der Waals surface area contributed by atoms with Crippen molar-refractivity contribution in [3.63, 3.8) is 0 Å². The van der Waals surface area contributed by atoms with E-state index in [0.29, 0.717) is 11.8 Å². The summed E-state index contributed by atoms with van der Waals surface area (Å²) >= 11 is 1.89. The molecule has 0 saturated carbocycles. The minimum Gasteiger partial charge on any atom is -0.333 e. The van der Waals surface area contributed by atoms with Gasteiger partial charge in [0.2, 0.25) is 0 Å². The Morgan fingerprint density at radius 2 is 1.85 bits per heavy atom. The normalized spacial score (nSPS) is 25.6. The van der Waals surface area contributed by atoms with Gasteiger partial charge in [-0.15, -0.1) is 11.3 Å². The van der Waals surface area contributed by atoms with Gasteiger partial charge < -0.3 is 15.5 Å². The highest BCUT2D eigenvalue weighted by Crippen LogP contribution is 2.44. The monoisotopic (exact) mass is 482 g/mol. The number of piperidine rings is 1. The van der Waals surface area contributed by atoms with Crippen molar-refractivity contribution in [1.29, 1.82) is 0 Å². The topological polar surface area (TPSA) is 45.4 Å². The summed E-state index contributed by atoms with van der Waals surface area (Å²) in [6, 6.07) is 7.97. The van der Waals surface area contributed by atoms with Crippen LogP contribution in [0.3, 0.4) is 0 Å². The Bertz CT molecular complexity index is 928. The van der Waals surface area contributed by atoms with E-state index in [1.54, 1.807) is 11.1 Å². The zero-order chi connectivity index (χ0) is 24.3. The average molecular weight is 483 g/mol. The molecular formula is C29H46N4S. The Morgan fingerprint density at radius 1 is 1.09 bits per heavy atom. The van der Waals surface area contributed by atoms with Crippen LogP contribution in [-0.4, -0.2) is 61.1 Å². The van der Waals surface area contributed by atoms with Crippen LogP contribution in [0.2, 0.25) is 0 Å². The average Bonchev–Trinajstić information content (AvgIpc) is 3.51. The molecule has 2 saturated heterocycles. The summed E-state index contributed by atoms with van der Waals surface area (Å²) in [5.74, 6) is 1.32. The molecule has 3 aliphatic rings. The van der Waals surface area contributed by atoms with E-state index in [9.17, 15) is 0 Å². The van der Waals surface area contributed by atoms with E-state index < -0.39 is 0 Å². The van der Waals surface area contributed by atoms with Gasteiger partial charge in [0.25, 0.3) is 0 Å². The number of aromatic nitrogens is 1. The molecule has 2 N–H and O–H groups in total. The predicted molar refractivity (Wildman–Crippen MR) is 147 cm³/mol. The third-order valence-corrected chi connectivity index (χ3v) is 9.73. The fraction of sp³-hybridized carbons (Fsp3) is 0.690. The van der Waals surface area contributed by atoms with Gasteiger partial charge in [-0.1, -0.05) is 32.9 Å². The van der Waals surface area contributed by atoms with Crippen molar-refractivity contribution in [2.75, 3.05) is 40.3 Å². The molecule has 2 aliphatic heterocycles. The molecule has 3 heterocycles. The van der Waals surface area contributed by atoms with Crippen molar-refractivity contribution in [2.24, 2.45) is 5.73 Å². The summed E-state index contributed by atoms with van der Waals surface area (Å²) in [5.41, 5.74) is 10.4. The molecule has 5 rings (SSSR count). The largest absolute Gasteiger partial charge is 0.333 e. The second-order valence-electron chi connectivity index (χ2n) is 11.4. The van der Waals surface area contributed by atoms with Crippen LogP contribution < -0.4 is 5.73 Å². The standard InChI is InChI=1S/C28H41N3S.CH5N/c1-20-9-13-28(2,3)25-18-22(7-8-24(20)25)26-19-32-27(29-26)21-10-15-31(16-11-21)17-12-23-6-5-14-30(23)4;1-2/h7-8,18-21,23H,5-6,9-17H2,1-4H3;2H2,1H3. The number of likely N-dealkylation sites (tertiary alicyclic amines) is 2. The summed E-state index contributed by atoms with van der Waals surface area (Å²) in [4.78, 5) is 10.4. The molecule has 2 fully saturated rings. The quantitative estimate of drug-likeness (QED) is 0.549. The molecule has 1 aromatic carbocycles. The van der Waals surface area contributed by atoms with E-state index in [1.807, 2.05) is 11.3 Å². The molecule has 2 unspecified atom stereocenters. The highest BCUT2D eigenvalue weighted by atomic mass is 32.1. The maximum atomic E-state index is 5.16. The Morgan fingerprint density at radius 3 is 2.56 bits per heavy atom. The van der Waals surface area contributed by atoms with Crippen LogP contribution in [0.15, 0.2) is 23.6 Å². The molecule has 1 aromatic heterocycles. The first-order chi connectivity index (χ1) is 16.4. The number of nitrogens with zero attached hydrogens (tertiary/aromatic N) is 3. The van der Waals surface area contributed by atoms with Crippen LogP contribution in [-0.2, 0) is 5.41 Å². The minimum atomic E-state index is 0.275. The van der Waals surface area contributed by atoms with E-state index >= 15 is 0 Å². The summed E-state index contributed by atoms with van der Waals surface area (Å²) in [7, 11) is 3.80. The number of rotatable bonds is 5. The second kappa shape index (κ2) is 11.2. The molecular weight excluding hydrogens is 436 g/mol. The van der Waals surface area contributed by atoms with E-state index in [-0.39, 0.29) is 5.41 Å². The van der Waals surface area contributed by atoms with Crippen LogP contribution in [0.1, 0.15) is 93.7 Å². The zero-order valence-electron chi connectivity index (χ0n) is 22.1. The fourth-order valence-corrected chi connectivity index (χ4v) is 7.29. The summed E-state index contributed by atoms with van der Waals surface area (Å²) < 4.78 is 0. The van der Waals surface area contributed by atoms with Gasteiger partial charge in [-0.2, -0.15) is 0 Å². The molecule has 5 heteroatoms. The lowest BCUT2D eigenvalue weighted by molar-refractivity contribution is 0.186. The first-order valence-electron chi connectivity index (χ1n) is 13.5. The Hall–Kier alpha value is -1.27. The van der Waals surface area contributed by atoms with Gasteiger partial charge in [-0.3, -0.25) is 0 Å². The molecule has 0 spiro atoms. The molecule has 2 aromatic rings. The number of thiazole rings is 1. The van der Waals surface area contributed by atoms with Gasteiger partial charge in [-0.05, 0) is 114 Å². The molecule has 4 nitrogen and oxygen atoms in total. The van der Waals surface area contributed by atoms with Gasteiger partial charge in [0.15, 0.2) is 0 Å². The smallest absolute Gasteiger partial charge is 0.0964 e. The van der Waals surface area contributed by atoms with Gasteiger partial charge in [-0.25, -0.2) is 4.98 Å². The molecule has 34 heavy (non-hydrogen) atoms. The van der Waals surface area contributed by atoms with Crippen molar-refractivity contribution in [3.8, 4) is 11.3 Å². The second-order valence-corrected chi connectivity index (χ2v) is 12.3. The maximum Gasteiger partial charge on any atom is 0.0964 e. The molecule has 0 bridgehead atoms. The minimum absolute atomic E-state index is 0.275. The van der Waals surface area contributed by atoms with E-state index in [1.165, 1.54) is 94.4 Å². The van der Waals surface area contributed by atoms with Gasteiger partial charge in [0, 0.05) is 22.9 Å². The number of nitrogens with two attached hydrogens (primary N) is 1. The first kappa shape index (κ1) is 25.8. The van der Waals surface area contributed by atoms with Gasteiger partial charge in [0.1, 0.15) is 0 Å². The van der Waals surface area contributed by atoms with E-state index in [4.69, 9.17) is 4.98 Å². The van der Waals surface area contributed by atoms with Gasteiger partial charge >= 0.3 is 0 Å². The van der Waals surface area contributed by atoms with E-state index in [2.05, 4.69) is 66.9 Å². The summed E-state index contributed by atoms with van der Waals surface area (Å²) in [6.45, 7) is 12.2. The van der Waals surface area contributed by atoms with Crippen molar-refractivity contribution in [2.45, 2.75) is 89.0 Å². The molecule has 2 atom stereocenters. The molecule has 1 aliphatic carbocycles.